The number of nitrogens with zero attached hydrogens (tertiary/aromatic N) is 4. The molecule has 7 heteroatoms. The fourth-order valence-electron chi connectivity index (χ4n) is 1.44. The van der Waals surface area contributed by atoms with Gasteiger partial charge in [0.2, 0.25) is 5.16 Å². The zero-order chi connectivity index (χ0) is 14.4. The van der Waals surface area contributed by atoms with Crippen LogP contribution in [0.3, 0.4) is 0 Å². The van der Waals surface area contributed by atoms with E-state index in [-0.39, 0.29) is 0 Å². The number of hydrogen-bond acceptors (Lipinski definition) is 6. The number of carbonyl (C=O) groups excluding carboxylic acids is 1. The Bertz CT molecular complexity index is 597. The fraction of sp³-hybridized carbons (Fsp3) is 0.231. The van der Waals surface area contributed by atoms with Crippen LogP contribution in [-0.4, -0.2) is 38.5 Å². The van der Waals surface area contributed by atoms with Gasteiger partial charge in [-0.05, 0) is 29.5 Å². The molecule has 2 aromatic rings. The molecule has 20 heavy (non-hydrogen) atoms. The second-order valence-corrected chi connectivity index (χ2v) is 4.76. The van der Waals surface area contributed by atoms with Crippen molar-refractivity contribution in [3.05, 3.63) is 42.5 Å². The van der Waals surface area contributed by atoms with Crippen LogP contribution in [0.4, 0.5) is 0 Å². The monoisotopic (exact) mass is 290 g/mol. The van der Waals surface area contributed by atoms with Crippen LogP contribution in [0.1, 0.15) is 6.92 Å². The molecule has 0 amide bonds. The Morgan fingerprint density at radius 2 is 2.15 bits per heavy atom. The van der Waals surface area contributed by atoms with Gasteiger partial charge in [-0.3, -0.25) is 0 Å². The topological polar surface area (TPSA) is 69.9 Å². The molecule has 0 aliphatic heterocycles. The second-order valence-electron chi connectivity index (χ2n) is 3.82. The molecule has 1 aromatic carbocycles. The van der Waals surface area contributed by atoms with Gasteiger partial charge in [-0.1, -0.05) is 36.5 Å². The SMILES string of the molecule is C=C(CSc1nnnn1-c1ccccc1)C(=O)OCC. The molecule has 0 saturated heterocycles. The third-order valence-corrected chi connectivity index (χ3v) is 3.39. The third-order valence-electron chi connectivity index (χ3n) is 2.38. The van der Waals surface area contributed by atoms with Crippen molar-refractivity contribution in [1.29, 1.82) is 0 Å². The van der Waals surface area contributed by atoms with Gasteiger partial charge in [-0.2, -0.15) is 4.68 Å². The first kappa shape index (κ1) is 14.3. The molecule has 0 fully saturated rings. The summed E-state index contributed by atoms with van der Waals surface area (Å²) in [7, 11) is 0. The van der Waals surface area contributed by atoms with Crippen molar-refractivity contribution in [2.45, 2.75) is 12.1 Å². The van der Waals surface area contributed by atoms with Crippen LogP contribution in [0.5, 0.6) is 0 Å². The molecule has 0 spiro atoms. The summed E-state index contributed by atoms with van der Waals surface area (Å²) in [5.41, 5.74) is 1.25. The highest BCUT2D eigenvalue weighted by molar-refractivity contribution is 7.99. The molecule has 1 heterocycles. The van der Waals surface area contributed by atoms with E-state index < -0.39 is 5.97 Å². The van der Waals surface area contributed by atoms with Gasteiger partial charge >= 0.3 is 5.97 Å². The van der Waals surface area contributed by atoms with Crippen molar-refractivity contribution in [2.24, 2.45) is 0 Å². The van der Waals surface area contributed by atoms with Gasteiger partial charge in [-0.25, -0.2) is 4.79 Å². The number of rotatable bonds is 6. The number of esters is 1. The first-order valence-electron chi connectivity index (χ1n) is 6.04. The van der Waals surface area contributed by atoms with Gasteiger partial charge in [0.15, 0.2) is 0 Å². The molecule has 0 aliphatic carbocycles. The van der Waals surface area contributed by atoms with Crippen molar-refractivity contribution in [3.8, 4) is 5.69 Å². The summed E-state index contributed by atoms with van der Waals surface area (Å²) >= 11 is 1.34. The van der Waals surface area contributed by atoms with E-state index in [1.54, 1.807) is 11.6 Å². The Morgan fingerprint density at radius 3 is 2.85 bits per heavy atom. The molecule has 0 aliphatic rings. The smallest absolute Gasteiger partial charge is 0.334 e. The quantitative estimate of drug-likeness (QED) is 0.459. The molecule has 0 atom stereocenters. The lowest BCUT2D eigenvalue weighted by Gasteiger charge is -2.05. The average Bonchev–Trinajstić information content (AvgIpc) is 2.94. The van der Waals surface area contributed by atoms with Gasteiger partial charge in [0, 0.05) is 11.3 Å². The Morgan fingerprint density at radius 1 is 1.40 bits per heavy atom. The number of benzene rings is 1. The first-order valence-corrected chi connectivity index (χ1v) is 7.02. The van der Waals surface area contributed by atoms with Crippen molar-refractivity contribution < 1.29 is 9.53 Å². The number of para-hydroxylation sites is 1. The van der Waals surface area contributed by atoms with E-state index in [0.717, 1.165) is 5.69 Å². The number of hydrogen-bond donors (Lipinski definition) is 0. The van der Waals surface area contributed by atoms with Crippen LogP contribution < -0.4 is 0 Å². The summed E-state index contributed by atoms with van der Waals surface area (Å²) < 4.78 is 6.49. The van der Waals surface area contributed by atoms with E-state index in [0.29, 0.717) is 23.1 Å². The Labute approximate surface area is 120 Å². The molecular weight excluding hydrogens is 276 g/mol. The minimum absolute atomic E-state index is 0.338. The number of carbonyl (C=O) groups is 1. The lowest BCUT2D eigenvalue weighted by atomic mass is 10.3. The summed E-state index contributed by atoms with van der Waals surface area (Å²) in [5, 5.41) is 12.1. The number of ether oxygens (including phenoxy) is 1. The van der Waals surface area contributed by atoms with Gasteiger partial charge in [0.25, 0.3) is 0 Å². The maximum Gasteiger partial charge on any atom is 0.334 e. The van der Waals surface area contributed by atoms with E-state index in [9.17, 15) is 4.79 Å². The second kappa shape index (κ2) is 6.85. The zero-order valence-electron chi connectivity index (χ0n) is 11.0. The number of thioether (sulfide) groups is 1. The van der Waals surface area contributed by atoms with E-state index in [4.69, 9.17) is 4.74 Å². The molecule has 0 N–H and O–H groups in total. The molecule has 0 unspecified atom stereocenters. The molecule has 0 radical (unpaired) electrons. The maximum atomic E-state index is 11.5. The minimum atomic E-state index is -0.390. The molecule has 2 rings (SSSR count). The summed E-state index contributed by atoms with van der Waals surface area (Å²) in [6.45, 7) is 5.80. The maximum absolute atomic E-state index is 11.5. The first-order chi connectivity index (χ1) is 9.72. The van der Waals surface area contributed by atoms with E-state index in [2.05, 4.69) is 22.1 Å². The van der Waals surface area contributed by atoms with Crippen molar-refractivity contribution >= 4 is 17.7 Å². The van der Waals surface area contributed by atoms with Gasteiger partial charge in [0.1, 0.15) is 0 Å². The van der Waals surface area contributed by atoms with Crippen LogP contribution in [0.25, 0.3) is 5.69 Å². The highest BCUT2D eigenvalue weighted by Crippen LogP contribution is 2.20. The Hall–Kier alpha value is -2.15. The lowest BCUT2D eigenvalue weighted by molar-refractivity contribution is -0.138. The molecule has 0 saturated carbocycles. The average molecular weight is 290 g/mol. The largest absolute Gasteiger partial charge is 0.463 e. The van der Waals surface area contributed by atoms with Gasteiger partial charge in [-0.15, -0.1) is 5.10 Å². The summed E-state index contributed by atoms with van der Waals surface area (Å²) in [6, 6.07) is 9.54. The molecule has 0 bridgehead atoms. The fourth-order valence-corrected chi connectivity index (χ4v) is 2.22. The molecular formula is C13H14N4O2S. The van der Waals surface area contributed by atoms with Crippen LogP contribution in [0.2, 0.25) is 0 Å². The standard InChI is InChI=1S/C13H14N4O2S/c1-3-19-12(18)10(2)9-20-13-14-15-16-17(13)11-7-5-4-6-8-11/h4-8H,2-3,9H2,1H3. The normalized spacial score (nSPS) is 10.2. The third kappa shape index (κ3) is 3.45. The summed E-state index contributed by atoms with van der Waals surface area (Å²) in [5.74, 6) is -0.00907. The van der Waals surface area contributed by atoms with Crippen molar-refractivity contribution in [3.63, 3.8) is 0 Å². The Kier molecular flexibility index (Phi) is 4.89. The van der Waals surface area contributed by atoms with Crippen molar-refractivity contribution in [2.75, 3.05) is 12.4 Å². The molecule has 6 nitrogen and oxygen atoms in total. The van der Waals surface area contributed by atoms with Gasteiger partial charge < -0.3 is 4.74 Å². The van der Waals surface area contributed by atoms with Crippen LogP contribution >= 0.6 is 11.8 Å². The highest BCUT2D eigenvalue weighted by Gasteiger charge is 2.13. The highest BCUT2D eigenvalue weighted by atomic mass is 32.2. The predicted molar refractivity (Wildman–Crippen MR) is 75.7 cm³/mol. The zero-order valence-corrected chi connectivity index (χ0v) is 11.8. The van der Waals surface area contributed by atoms with Crippen LogP contribution in [0.15, 0.2) is 47.6 Å². The number of aromatic nitrogens is 4. The van der Waals surface area contributed by atoms with Crippen LogP contribution in [0, 0.1) is 0 Å². The lowest BCUT2D eigenvalue weighted by Crippen LogP contribution is -2.09. The van der Waals surface area contributed by atoms with Gasteiger partial charge in [0.05, 0.1) is 12.3 Å². The van der Waals surface area contributed by atoms with E-state index in [1.807, 2.05) is 30.3 Å². The summed E-state index contributed by atoms with van der Waals surface area (Å²) in [6.07, 6.45) is 0. The predicted octanol–water partition coefficient (Wildman–Crippen LogP) is 1.87. The van der Waals surface area contributed by atoms with Crippen molar-refractivity contribution in [1.82, 2.24) is 20.2 Å². The molecule has 104 valence electrons. The Balaban J connectivity index is 2.03. The summed E-state index contributed by atoms with van der Waals surface area (Å²) in [4.78, 5) is 11.5. The number of tetrazole rings is 1. The minimum Gasteiger partial charge on any atom is -0.463 e. The molecule has 1 aromatic heterocycles. The van der Waals surface area contributed by atoms with Crippen LogP contribution in [-0.2, 0) is 9.53 Å². The van der Waals surface area contributed by atoms with E-state index >= 15 is 0 Å². The van der Waals surface area contributed by atoms with E-state index in [1.165, 1.54) is 11.8 Å².